The Bertz CT molecular complexity index is 647. The molecule has 7 nitrogen and oxygen atoms in total. The van der Waals surface area contributed by atoms with Crippen LogP contribution in [0.4, 0.5) is 5.82 Å². The number of nitrogens with zero attached hydrogens (tertiary/aromatic N) is 5. The minimum absolute atomic E-state index is 0. The van der Waals surface area contributed by atoms with Crippen molar-refractivity contribution in [1.82, 2.24) is 25.3 Å². The smallest absolute Gasteiger partial charge is 0.259 e. The summed E-state index contributed by atoms with van der Waals surface area (Å²) in [5, 5.41) is 7.53. The van der Waals surface area contributed by atoms with Gasteiger partial charge in [-0.2, -0.15) is 4.98 Å². The van der Waals surface area contributed by atoms with Gasteiger partial charge in [0.15, 0.2) is 5.82 Å². The van der Waals surface area contributed by atoms with E-state index in [0.29, 0.717) is 5.89 Å². The number of aromatic nitrogens is 3. The topological polar surface area (TPSA) is 70.3 Å². The van der Waals surface area contributed by atoms with Crippen LogP contribution in [0.15, 0.2) is 22.9 Å². The molecular weight excluding hydrogens is 340 g/mol. The molecule has 0 bridgehead atoms. The van der Waals surface area contributed by atoms with E-state index in [2.05, 4.69) is 51.1 Å². The zero-order valence-electron chi connectivity index (χ0n) is 15.1. The molecule has 3 rings (SSSR count). The molecule has 0 aromatic carbocycles. The number of piperazine rings is 1. The number of halogens is 1. The number of pyridine rings is 1. The molecule has 1 unspecified atom stereocenters. The van der Waals surface area contributed by atoms with E-state index in [0.717, 1.165) is 56.4 Å². The summed E-state index contributed by atoms with van der Waals surface area (Å²) in [6, 6.07) is 4.18. The first-order chi connectivity index (χ1) is 11.7. The van der Waals surface area contributed by atoms with E-state index in [9.17, 15) is 0 Å². The first kappa shape index (κ1) is 19.6. The third-order valence-electron chi connectivity index (χ3n) is 4.44. The largest absolute Gasteiger partial charge is 0.357 e. The quantitative estimate of drug-likeness (QED) is 0.841. The molecule has 2 aromatic heterocycles. The van der Waals surface area contributed by atoms with Crippen molar-refractivity contribution in [2.75, 3.05) is 44.7 Å². The molecule has 0 aliphatic carbocycles. The highest BCUT2D eigenvalue weighted by molar-refractivity contribution is 5.85. The summed E-state index contributed by atoms with van der Waals surface area (Å²) >= 11 is 0. The number of hydrogen-bond donors (Lipinski definition) is 1. The van der Waals surface area contributed by atoms with Crippen molar-refractivity contribution < 1.29 is 4.52 Å². The van der Waals surface area contributed by atoms with Crippen molar-refractivity contribution in [3.8, 4) is 11.5 Å². The number of nitrogens with one attached hydrogen (secondary N) is 1. The van der Waals surface area contributed by atoms with E-state index >= 15 is 0 Å². The van der Waals surface area contributed by atoms with Crippen LogP contribution >= 0.6 is 12.4 Å². The molecule has 1 aliphatic rings. The summed E-state index contributed by atoms with van der Waals surface area (Å²) in [6.07, 6.45) is 2.92. The molecule has 3 heterocycles. The Morgan fingerprint density at radius 3 is 2.84 bits per heavy atom. The molecule has 1 aliphatic heterocycles. The first-order valence-electron chi connectivity index (χ1n) is 8.68. The number of likely N-dealkylation sites (N-methyl/N-ethyl adjacent to an activating group) is 1. The molecule has 1 atom stereocenters. The molecule has 138 valence electrons. The van der Waals surface area contributed by atoms with Crippen molar-refractivity contribution in [3.63, 3.8) is 0 Å². The predicted octanol–water partition coefficient (Wildman–Crippen LogP) is 2.37. The normalized spacial score (nSPS) is 18.0. The van der Waals surface area contributed by atoms with Gasteiger partial charge in [0.25, 0.3) is 5.89 Å². The van der Waals surface area contributed by atoms with Crippen LogP contribution in [-0.2, 0) is 0 Å². The molecule has 2 aromatic rings. The zero-order valence-corrected chi connectivity index (χ0v) is 15.9. The van der Waals surface area contributed by atoms with E-state index in [1.54, 1.807) is 0 Å². The lowest BCUT2D eigenvalue weighted by atomic mass is 10.2. The third kappa shape index (κ3) is 4.48. The minimum atomic E-state index is 0. The van der Waals surface area contributed by atoms with Gasteiger partial charge in [0, 0.05) is 38.9 Å². The average Bonchev–Trinajstić information content (AvgIpc) is 3.10. The second-order valence-corrected chi connectivity index (χ2v) is 6.14. The Morgan fingerprint density at radius 2 is 2.20 bits per heavy atom. The standard InChI is InChI=1S/C17H26N6O.ClH/c1-4-9-23(5-2)15-7-6-13(11-19-15)17-20-16(21-24-17)14-12-18-8-10-22(14)3;/h6-7,11,14,18H,4-5,8-10,12H2,1-3H3;1H. The summed E-state index contributed by atoms with van der Waals surface area (Å²) in [5.41, 5.74) is 0.858. The van der Waals surface area contributed by atoms with Crippen LogP contribution < -0.4 is 10.2 Å². The lowest BCUT2D eigenvalue weighted by Gasteiger charge is -2.30. The second kappa shape index (κ2) is 9.12. The van der Waals surface area contributed by atoms with E-state index in [4.69, 9.17) is 4.52 Å². The highest BCUT2D eigenvalue weighted by Gasteiger charge is 2.25. The van der Waals surface area contributed by atoms with Gasteiger partial charge in [-0.1, -0.05) is 12.1 Å². The average molecular weight is 367 g/mol. The predicted molar refractivity (Wildman–Crippen MR) is 101 cm³/mol. The fraction of sp³-hybridized carbons (Fsp3) is 0.588. The lowest BCUT2D eigenvalue weighted by molar-refractivity contribution is 0.190. The van der Waals surface area contributed by atoms with Gasteiger partial charge < -0.3 is 14.7 Å². The van der Waals surface area contributed by atoms with E-state index in [1.165, 1.54) is 0 Å². The van der Waals surface area contributed by atoms with Crippen LogP contribution in [0.3, 0.4) is 0 Å². The summed E-state index contributed by atoms with van der Waals surface area (Å²) in [7, 11) is 2.09. The third-order valence-corrected chi connectivity index (χ3v) is 4.44. The van der Waals surface area contributed by atoms with E-state index in [1.807, 2.05) is 18.3 Å². The van der Waals surface area contributed by atoms with Crippen LogP contribution in [-0.4, -0.2) is 59.8 Å². The lowest BCUT2D eigenvalue weighted by Crippen LogP contribution is -2.44. The van der Waals surface area contributed by atoms with Crippen LogP contribution in [0.2, 0.25) is 0 Å². The highest BCUT2D eigenvalue weighted by atomic mass is 35.5. The van der Waals surface area contributed by atoms with Gasteiger partial charge in [0.05, 0.1) is 11.6 Å². The van der Waals surface area contributed by atoms with E-state index < -0.39 is 0 Å². The van der Waals surface area contributed by atoms with Crippen LogP contribution in [0.25, 0.3) is 11.5 Å². The molecule has 1 fully saturated rings. The summed E-state index contributed by atoms with van der Waals surface area (Å²) < 4.78 is 5.46. The zero-order chi connectivity index (χ0) is 16.9. The summed E-state index contributed by atoms with van der Waals surface area (Å²) in [4.78, 5) is 13.6. The fourth-order valence-corrected chi connectivity index (χ4v) is 2.99. The number of hydrogen-bond acceptors (Lipinski definition) is 7. The van der Waals surface area contributed by atoms with Gasteiger partial charge in [0.1, 0.15) is 5.82 Å². The SMILES string of the molecule is CCCN(CC)c1ccc(-c2nc(C3CNCCN3C)no2)cn1.Cl. The summed E-state index contributed by atoms with van der Waals surface area (Å²) in [6.45, 7) is 9.10. The highest BCUT2D eigenvalue weighted by Crippen LogP contribution is 2.23. The van der Waals surface area contributed by atoms with Gasteiger partial charge in [-0.25, -0.2) is 4.98 Å². The number of rotatable bonds is 6. The van der Waals surface area contributed by atoms with Gasteiger partial charge in [-0.15, -0.1) is 12.4 Å². The first-order valence-corrected chi connectivity index (χ1v) is 8.68. The Labute approximate surface area is 155 Å². The summed E-state index contributed by atoms with van der Waals surface area (Å²) in [5.74, 6) is 2.24. The maximum absolute atomic E-state index is 5.46. The van der Waals surface area contributed by atoms with Crippen molar-refractivity contribution in [2.24, 2.45) is 0 Å². The minimum Gasteiger partial charge on any atom is -0.357 e. The van der Waals surface area contributed by atoms with Crippen molar-refractivity contribution >= 4 is 18.2 Å². The Kier molecular flexibility index (Phi) is 7.16. The Morgan fingerprint density at radius 1 is 1.36 bits per heavy atom. The van der Waals surface area contributed by atoms with Gasteiger partial charge in [-0.05, 0) is 32.5 Å². The van der Waals surface area contributed by atoms with Crippen molar-refractivity contribution in [3.05, 3.63) is 24.2 Å². The fourth-order valence-electron chi connectivity index (χ4n) is 2.99. The van der Waals surface area contributed by atoms with E-state index in [-0.39, 0.29) is 18.4 Å². The van der Waals surface area contributed by atoms with Gasteiger partial charge in [0.2, 0.25) is 0 Å². The van der Waals surface area contributed by atoms with Crippen molar-refractivity contribution in [1.29, 1.82) is 0 Å². The molecule has 25 heavy (non-hydrogen) atoms. The molecule has 0 spiro atoms. The van der Waals surface area contributed by atoms with Crippen LogP contribution in [0, 0.1) is 0 Å². The molecule has 0 radical (unpaired) electrons. The maximum atomic E-state index is 5.46. The monoisotopic (exact) mass is 366 g/mol. The molecule has 8 heteroatoms. The molecular formula is C17H27ClN6O. The van der Waals surface area contributed by atoms with Crippen LogP contribution in [0.1, 0.15) is 32.1 Å². The van der Waals surface area contributed by atoms with Gasteiger partial charge in [-0.3, -0.25) is 4.90 Å². The van der Waals surface area contributed by atoms with Gasteiger partial charge >= 0.3 is 0 Å². The number of anilines is 1. The Hall–Kier alpha value is -1.70. The molecule has 1 saturated heterocycles. The molecule has 0 amide bonds. The van der Waals surface area contributed by atoms with Crippen LogP contribution in [0.5, 0.6) is 0 Å². The Balaban J connectivity index is 0.00000225. The molecule has 1 N–H and O–H groups in total. The molecule has 0 saturated carbocycles. The second-order valence-electron chi connectivity index (χ2n) is 6.14. The maximum Gasteiger partial charge on any atom is 0.259 e. The van der Waals surface area contributed by atoms with Crippen molar-refractivity contribution in [2.45, 2.75) is 26.3 Å².